The van der Waals surface area contributed by atoms with Crippen LogP contribution in [0.2, 0.25) is 0 Å². The van der Waals surface area contributed by atoms with E-state index in [0.717, 1.165) is 111 Å². The zero-order valence-electron chi connectivity index (χ0n) is 22.4. The Hall–Kier alpha value is -0.360. The number of nitrogens with zero attached hydrogens (tertiary/aromatic N) is 4. The molecular formula is C24H59N9. The van der Waals surface area contributed by atoms with Crippen LogP contribution >= 0.6 is 0 Å². The zero-order chi connectivity index (χ0) is 24.6. The van der Waals surface area contributed by atoms with Crippen LogP contribution in [-0.2, 0) is 0 Å². The summed E-state index contributed by atoms with van der Waals surface area (Å²) in [5, 5.41) is 6.78. The second-order valence-corrected chi connectivity index (χ2v) is 8.94. The summed E-state index contributed by atoms with van der Waals surface area (Å²) < 4.78 is 0. The maximum atomic E-state index is 5.87. The molecule has 200 valence electrons. The minimum absolute atomic E-state index is 0.691. The molecule has 0 fully saturated rings. The zero-order valence-corrected chi connectivity index (χ0v) is 22.4. The van der Waals surface area contributed by atoms with Crippen LogP contribution < -0.4 is 27.8 Å². The van der Waals surface area contributed by atoms with Crippen molar-refractivity contribution in [3.8, 4) is 0 Å². The van der Waals surface area contributed by atoms with Crippen molar-refractivity contribution in [2.75, 3.05) is 125 Å². The molecule has 0 aromatic heterocycles. The minimum Gasteiger partial charge on any atom is -0.329 e. The van der Waals surface area contributed by atoms with Crippen LogP contribution in [0, 0.1) is 0 Å². The van der Waals surface area contributed by atoms with E-state index < -0.39 is 0 Å². The fourth-order valence-electron chi connectivity index (χ4n) is 3.99. The summed E-state index contributed by atoms with van der Waals surface area (Å²) in [6, 6.07) is 0. The number of unbranched alkanes of at least 4 members (excludes halogenated alkanes) is 1. The molecule has 33 heavy (non-hydrogen) atoms. The molecule has 0 aliphatic heterocycles. The molecule has 0 rings (SSSR count). The highest BCUT2D eigenvalue weighted by atomic mass is 15.2. The maximum absolute atomic E-state index is 5.87. The predicted molar refractivity (Wildman–Crippen MR) is 145 cm³/mol. The first-order chi connectivity index (χ1) is 16.1. The standard InChI is InChI=1S/C24H59N9/c1-4-6-14-31(16-9-27)20-22-33(18-12-29-10-7-25)24-23-32(17-11-28-3)21-19-30(13-5-2)15-8-26/h28-29H,4-27H2,1-3H3. The van der Waals surface area contributed by atoms with Gasteiger partial charge in [0.2, 0.25) is 0 Å². The molecule has 0 aromatic rings. The highest BCUT2D eigenvalue weighted by Crippen LogP contribution is 1.99. The molecule has 9 heteroatoms. The fraction of sp³-hybridized carbons (Fsp3) is 1.00. The van der Waals surface area contributed by atoms with Gasteiger partial charge < -0.3 is 37.6 Å². The van der Waals surface area contributed by atoms with Crippen LogP contribution in [0.5, 0.6) is 0 Å². The highest BCUT2D eigenvalue weighted by molar-refractivity contribution is 4.70. The van der Waals surface area contributed by atoms with E-state index in [9.17, 15) is 0 Å². The van der Waals surface area contributed by atoms with Crippen molar-refractivity contribution in [1.82, 2.24) is 30.2 Å². The Bertz CT molecular complexity index is 381. The van der Waals surface area contributed by atoms with Gasteiger partial charge in [0.15, 0.2) is 0 Å². The monoisotopic (exact) mass is 473 g/mol. The number of nitrogens with one attached hydrogen (secondary N) is 2. The molecule has 0 aromatic carbocycles. The number of hydrogen-bond donors (Lipinski definition) is 5. The molecule has 0 saturated carbocycles. The van der Waals surface area contributed by atoms with E-state index in [-0.39, 0.29) is 0 Å². The van der Waals surface area contributed by atoms with E-state index >= 15 is 0 Å². The van der Waals surface area contributed by atoms with Gasteiger partial charge in [-0.15, -0.1) is 0 Å². The fourth-order valence-corrected chi connectivity index (χ4v) is 3.99. The lowest BCUT2D eigenvalue weighted by atomic mass is 10.3. The Morgan fingerprint density at radius 3 is 1.39 bits per heavy atom. The van der Waals surface area contributed by atoms with Crippen LogP contribution in [0.25, 0.3) is 0 Å². The van der Waals surface area contributed by atoms with Crippen LogP contribution in [0.3, 0.4) is 0 Å². The van der Waals surface area contributed by atoms with Crippen LogP contribution in [0.4, 0.5) is 0 Å². The number of hydrogen-bond acceptors (Lipinski definition) is 9. The number of likely N-dealkylation sites (N-methyl/N-ethyl adjacent to an activating group) is 1. The van der Waals surface area contributed by atoms with Gasteiger partial charge in [-0.05, 0) is 33.0 Å². The topological polar surface area (TPSA) is 115 Å². The van der Waals surface area contributed by atoms with Gasteiger partial charge in [-0.25, -0.2) is 0 Å². The Morgan fingerprint density at radius 2 is 0.970 bits per heavy atom. The van der Waals surface area contributed by atoms with E-state index in [4.69, 9.17) is 17.2 Å². The van der Waals surface area contributed by atoms with E-state index in [1.807, 2.05) is 7.05 Å². The molecule has 0 unspecified atom stereocenters. The van der Waals surface area contributed by atoms with E-state index in [1.54, 1.807) is 0 Å². The Labute approximate surface area is 205 Å². The molecule has 9 nitrogen and oxygen atoms in total. The van der Waals surface area contributed by atoms with Crippen molar-refractivity contribution < 1.29 is 0 Å². The molecule has 0 amide bonds. The van der Waals surface area contributed by atoms with Crippen molar-refractivity contribution in [2.24, 2.45) is 17.2 Å². The molecular weight excluding hydrogens is 414 g/mol. The molecule has 0 saturated heterocycles. The van der Waals surface area contributed by atoms with Crippen LogP contribution in [0.15, 0.2) is 0 Å². The Balaban J connectivity index is 4.82. The van der Waals surface area contributed by atoms with Crippen molar-refractivity contribution in [3.05, 3.63) is 0 Å². The maximum Gasteiger partial charge on any atom is 0.0110 e. The third-order valence-electron chi connectivity index (χ3n) is 6.06. The quantitative estimate of drug-likeness (QED) is 0.102. The van der Waals surface area contributed by atoms with Gasteiger partial charge in [-0.1, -0.05) is 20.3 Å². The molecule has 0 aliphatic carbocycles. The molecule has 0 bridgehead atoms. The van der Waals surface area contributed by atoms with Gasteiger partial charge in [-0.3, -0.25) is 9.80 Å². The number of rotatable bonds is 26. The molecule has 0 spiro atoms. The first-order valence-electron chi connectivity index (χ1n) is 13.5. The average Bonchev–Trinajstić information content (AvgIpc) is 2.82. The SMILES string of the molecule is CCCCN(CCN)CCN(CCNCCN)CCN(CCNC)CCN(CCC)CCN. The van der Waals surface area contributed by atoms with Crippen LogP contribution in [0.1, 0.15) is 33.1 Å². The average molecular weight is 474 g/mol. The van der Waals surface area contributed by atoms with Gasteiger partial charge in [0.05, 0.1) is 0 Å². The lowest BCUT2D eigenvalue weighted by Crippen LogP contribution is -2.46. The van der Waals surface area contributed by atoms with Gasteiger partial charge in [-0.2, -0.15) is 0 Å². The van der Waals surface area contributed by atoms with Gasteiger partial charge in [0.25, 0.3) is 0 Å². The van der Waals surface area contributed by atoms with E-state index in [2.05, 4.69) is 44.1 Å². The third-order valence-corrected chi connectivity index (χ3v) is 6.06. The summed E-state index contributed by atoms with van der Waals surface area (Å²) in [6.07, 6.45) is 3.65. The van der Waals surface area contributed by atoms with Crippen molar-refractivity contribution in [1.29, 1.82) is 0 Å². The van der Waals surface area contributed by atoms with Crippen molar-refractivity contribution >= 4 is 0 Å². The summed E-state index contributed by atoms with van der Waals surface area (Å²) >= 11 is 0. The molecule has 0 radical (unpaired) electrons. The highest BCUT2D eigenvalue weighted by Gasteiger charge is 2.13. The summed E-state index contributed by atoms with van der Waals surface area (Å²) in [4.78, 5) is 10.2. The van der Waals surface area contributed by atoms with Gasteiger partial charge in [0.1, 0.15) is 0 Å². The summed E-state index contributed by atoms with van der Waals surface area (Å²) in [5.74, 6) is 0. The van der Waals surface area contributed by atoms with E-state index in [0.29, 0.717) is 6.54 Å². The van der Waals surface area contributed by atoms with Crippen molar-refractivity contribution in [3.63, 3.8) is 0 Å². The predicted octanol–water partition coefficient (Wildman–Crippen LogP) is -0.910. The Morgan fingerprint density at radius 1 is 0.485 bits per heavy atom. The molecule has 0 heterocycles. The molecule has 8 N–H and O–H groups in total. The second kappa shape index (κ2) is 24.8. The van der Waals surface area contributed by atoms with Gasteiger partial charge in [0, 0.05) is 105 Å². The lowest BCUT2D eigenvalue weighted by molar-refractivity contribution is 0.163. The largest absolute Gasteiger partial charge is 0.329 e. The molecule has 0 atom stereocenters. The van der Waals surface area contributed by atoms with Gasteiger partial charge >= 0.3 is 0 Å². The number of nitrogens with two attached hydrogens (primary N) is 3. The summed E-state index contributed by atoms with van der Waals surface area (Å²) in [6.45, 7) is 22.5. The van der Waals surface area contributed by atoms with Crippen LogP contribution in [-0.4, -0.2) is 144 Å². The molecule has 0 aliphatic rings. The summed E-state index contributed by atoms with van der Waals surface area (Å²) in [5.41, 5.74) is 17.3. The first kappa shape index (κ1) is 32.6. The van der Waals surface area contributed by atoms with E-state index in [1.165, 1.54) is 19.3 Å². The van der Waals surface area contributed by atoms with Crippen molar-refractivity contribution in [2.45, 2.75) is 33.1 Å². The Kier molecular flexibility index (Phi) is 24.5. The normalized spacial score (nSPS) is 12.2. The lowest BCUT2D eigenvalue weighted by Gasteiger charge is -2.31. The smallest absolute Gasteiger partial charge is 0.0110 e. The summed E-state index contributed by atoms with van der Waals surface area (Å²) in [7, 11) is 2.04. The third kappa shape index (κ3) is 19.6. The minimum atomic E-state index is 0.691. The first-order valence-corrected chi connectivity index (χ1v) is 13.5. The second-order valence-electron chi connectivity index (χ2n) is 8.94.